The van der Waals surface area contributed by atoms with Gasteiger partial charge >= 0.3 is 0 Å². The van der Waals surface area contributed by atoms with E-state index in [-0.39, 0.29) is 16.4 Å². The van der Waals surface area contributed by atoms with Crippen molar-refractivity contribution in [2.45, 2.75) is 4.90 Å². The Bertz CT molecular complexity index is 1330. The highest BCUT2D eigenvalue weighted by Crippen LogP contribution is 2.41. The first kappa shape index (κ1) is 15.8. The van der Waals surface area contributed by atoms with Crippen LogP contribution in [0.1, 0.15) is 15.9 Å². The molecule has 0 bridgehead atoms. The van der Waals surface area contributed by atoms with E-state index < -0.39 is 10.0 Å². The second-order valence-electron chi connectivity index (χ2n) is 6.28. The summed E-state index contributed by atoms with van der Waals surface area (Å²) in [6, 6.07) is 18.6. The molecule has 2 N–H and O–H groups in total. The molecule has 7 heteroatoms. The van der Waals surface area contributed by atoms with Crippen LogP contribution in [-0.4, -0.2) is 24.4 Å². The molecule has 4 aromatic rings. The summed E-state index contributed by atoms with van der Waals surface area (Å²) in [6.07, 6.45) is 0. The molecule has 0 fully saturated rings. The fourth-order valence-electron chi connectivity index (χ4n) is 3.46. The number of nitrogens with one attached hydrogen (secondary N) is 2. The smallest absolute Gasteiger partial charge is 0.261 e. The summed E-state index contributed by atoms with van der Waals surface area (Å²) < 4.78 is 28.1. The standard InChI is InChI=1S/C20H13N3O3S/c24-20-14-9-5-4-8-13(14)19-17-15(21-22-19)10-11-16(18(17)20)23-27(25,26)12-6-2-1-3-7-12/h1-11,23H,(H,21,22). The maximum atomic E-state index is 13.2. The number of aromatic nitrogens is 2. The van der Waals surface area contributed by atoms with Crippen molar-refractivity contribution in [2.75, 3.05) is 4.72 Å². The monoisotopic (exact) mass is 375 g/mol. The summed E-state index contributed by atoms with van der Waals surface area (Å²) >= 11 is 0. The molecule has 27 heavy (non-hydrogen) atoms. The number of anilines is 1. The average molecular weight is 375 g/mol. The summed E-state index contributed by atoms with van der Waals surface area (Å²) in [5.74, 6) is -0.226. The average Bonchev–Trinajstić information content (AvgIpc) is 3.12. The number of hydrogen-bond donors (Lipinski definition) is 2. The SMILES string of the molecule is O=C1c2ccccc2-c2n[nH]c3ccc(NS(=O)(=O)c4ccccc4)c1c23. The molecule has 6 nitrogen and oxygen atoms in total. The van der Waals surface area contributed by atoms with E-state index in [0.717, 1.165) is 5.56 Å². The summed E-state index contributed by atoms with van der Waals surface area (Å²) in [5.41, 5.74) is 3.14. The first-order chi connectivity index (χ1) is 13.1. The summed E-state index contributed by atoms with van der Waals surface area (Å²) in [4.78, 5) is 13.3. The molecule has 0 unspecified atom stereocenters. The van der Waals surface area contributed by atoms with E-state index in [4.69, 9.17) is 0 Å². The Labute approximate surface area is 154 Å². The molecule has 0 saturated carbocycles. The van der Waals surface area contributed by atoms with Gasteiger partial charge in [0.2, 0.25) is 0 Å². The number of benzene rings is 3. The molecule has 3 aromatic carbocycles. The Balaban J connectivity index is 1.73. The molecule has 1 aliphatic rings. The number of aromatic amines is 1. The summed E-state index contributed by atoms with van der Waals surface area (Å²) in [6.45, 7) is 0. The Kier molecular flexibility index (Phi) is 3.23. The topological polar surface area (TPSA) is 91.9 Å². The minimum Gasteiger partial charge on any atom is -0.288 e. The van der Waals surface area contributed by atoms with Crippen LogP contribution in [0.5, 0.6) is 0 Å². The molecule has 1 aromatic heterocycles. The molecular formula is C20H13N3O3S. The van der Waals surface area contributed by atoms with Crippen molar-refractivity contribution in [3.63, 3.8) is 0 Å². The minimum absolute atomic E-state index is 0.133. The van der Waals surface area contributed by atoms with Crippen molar-refractivity contribution in [1.82, 2.24) is 10.2 Å². The third kappa shape index (κ3) is 2.29. The lowest BCUT2D eigenvalue weighted by atomic mass is 9.86. The third-order valence-corrected chi connectivity index (χ3v) is 6.06. The van der Waals surface area contributed by atoms with Gasteiger partial charge in [0.25, 0.3) is 10.0 Å². The van der Waals surface area contributed by atoms with Gasteiger partial charge in [-0.15, -0.1) is 0 Å². The third-order valence-electron chi connectivity index (χ3n) is 4.68. The first-order valence-electron chi connectivity index (χ1n) is 8.29. The van der Waals surface area contributed by atoms with Crippen LogP contribution in [0.3, 0.4) is 0 Å². The number of hydrogen-bond acceptors (Lipinski definition) is 4. The lowest BCUT2D eigenvalue weighted by Crippen LogP contribution is -2.17. The van der Waals surface area contributed by atoms with E-state index in [1.807, 2.05) is 12.1 Å². The molecule has 0 saturated heterocycles. The van der Waals surface area contributed by atoms with Gasteiger partial charge in [0.15, 0.2) is 5.78 Å². The van der Waals surface area contributed by atoms with Crippen LogP contribution in [0.2, 0.25) is 0 Å². The van der Waals surface area contributed by atoms with Gasteiger partial charge in [-0.25, -0.2) is 8.42 Å². The van der Waals surface area contributed by atoms with Crippen molar-refractivity contribution < 1.29 is 13.2 Å². The molecule has 1 aliphatic carbocycles. The number of ketones is 1. The van der Waals surface area contributed by atoms with Crippen molar-refractivity contribution in [3.05, 3.63) is 77.9 Å². The molecule has 5 rings (SSSR count). The second-order valence-corrected chi connectivity index (χ2v) is 7.96. The fourth-order valence-corrected chi connectivity index (χ4v) is 4.55. The zero-order valence-corrected chi connectivity index (χ0v) is 14.7. The molecular weight excluding hydrogens is 362 g/mol. The lowest BCUT2D eigenvalue weighted by molar-refractivity contribution is 0.104. The van der Waals surface area contributed by atoms with E-state index >= 15 is 0 Å². The van der Waals surface area contributed by atoms with Crippen molar-refractivity contribution >= 4 is 32.4 Å². The molecule has 0 spiro atoms. The zero-order valence-electron chi connectivity index (χ0n) is 13.9. The molecule has 1 heterocycles. The number of nitrogens with zero attached hydrogens (tertiary/aromatic N) is 1. The number of carbonyl (C=O) groups is 1. The van der Waals surface area contributed by atoms with Crippen LogP contribution >= 0.6 is 0 Å². The van der Waals surface area contributed by atoms with Crippen LogP contribution in [-0.2, 0) is 10.0 Å². The number of carbonyl (C=O) groups excluding carboxylic acids is 1. The second kappa shape index (κ2) is 5.52. The predicted molar refractivity (Wildman–Crippen MR) is 102 cm³/mol. The molecule has 0 aliphatic heterocycles. The Morgan fingerprint density at radius 1 is 0.852 bits per heavy atom. The van der Waals surface area contributed by atoms with Gasteiger partial charge in [-0.1, -0.05) is 42.5 Å². The van der Waals surface area contributed by atoms with Gasteiger partial charge in [-0.2, -0.15) is 5.10 Å². The van der Waals surface area contributed by atoms with Crippen molar-refractivity contribution in [2.24, 2.45) is 0 Å². The highest BCUT2D eigenvalue weighted by molar-refractivity contribution is 7.92. The Hall–Kier alpha value is -3.45. The quantitative estimate of drug-likeness (QED) is 0.504. The maximum absolute atomic E-state index is 13.2. The van der Waals surface area contributed by atoms with Crippen LogP contribution < -0.4 is 4.72 Å². The summed E-state index contributed by atoms with van der Waals surface area (Å²) in [5, 5.41) is 7.90. The van der Waals surface area contributed by atoms with E-state index in [1.165, 1.54) is 12.1 Å². The molecule has 132 valence electrons. The van der Waals surface area contributed by atoms with Gasteiger partial charge in [0.05, 0.1) is 21.7 Å². The highest BCUT2D eigenvalue weighted by Gasteiger charge is 2.30. The van der Waals surface area contributed by atoms with E-state index in [9.17, 15) is 13.2 Å². The first-order valence-corrected chi connectivity index (χ1v) is 9.77. The van der Waals surface area contributed by atoms with Crippen molar-refractivity contribution in [3.8, 4) is 11.3 Å². The Morgan fingerprint density at radius 2 is 1.56 bits per heavy atom. The van der Waals surface area contributed by atoms with E-state index in [2.05, 4.69) is 14.9 Å². The molecule has 0 amide bonds. The maximum Gasteiger partial charge on any atom is 0.261 e. The van der Waals surface area contributed by atoms with Crippen LogP contribution in [0.15, 0.2) is 71.6 Å². The van der Waals surface area contributed by atoms with Gasteiger partial charge < -0.3 is 0 Å². The van der Waals surface area contributed by atoms with Crippen LogP contribution in [0.25, 0.3) is 22.2 Å². The van der Waals surface area contributed by atoms with Gasteiger partial charge in [0.1, 0.15) is 5.69 Å². The summed E-state index contributed by atoms with van der Waals surface area (Å²) in [7, 11) is -3.82. The van der Waals surface area contributed by atoms with Crippen molar-refractivity contribution in [1.29, 1.82) is 0 Å². The number of H-pyrrole nitrogens is 1. The Morgan fingerprint density at radius 3 is 2.33 bits per heavy atom. The highest BCUT2D eigenvalue weighted by atomic mass is 32.2. The van der Waals surface area contributed by atoms with Gasteiger partial charge in [0, 0.05) is 16.5 Å². The van der Waals surface area contributed by atoms with Gasteiger partial charge in [-0.05, 0) is 24.3 Å². The minimum atomic E-state index is -3.82. The van der Waals surface area contributed by atoms with E-state index in [1.54, 1.807) is 42.5 Å². The van der Waals surface area contributed by atoms with Crippen LogP contribution in [0, 0.1) is 0 Å². The number of sulfonamides is 1. The molecule has 0 radical (unpaired) electrons. The molecule has 0 atom stereocenters. The largest absolute Gasteiger partial charge is 0.288 e. The number of rotatable bonds is 3. The zero-order chi connectivity index (χ0) is 18.6. The van der Waals surface area contributed by atoms with Gasteiger partial charge in [-0.3, -0.25) is 14.6 Å². The lowest BCUT2D eigenvalue weighted by Gasteiger charge is -2.18. The van der Waals surface area contributed by atoms with Crippen LogP contribution in [0.4, 0.5) is 5.69 Å². The number of fused-ring (bicyclic) bond motifs is 2. The fraction of sp³-hybridized carbons (Fsp3) is 0. The predicted octanol–water partition coefficient (Wildman–Crippen LogP) is 3.58. The normalized spacial score (nSPS) is 12.8. The van der Waals surface area contributed by atoms with E-state index in [0.29, 0.717) is 27.7 Å².